The molecule has 6 atom stereocenters. The molecule has 2 rings (SSSR count). The molecule has 2 aliphatic carbocycles. The maximum atomic E-state index is 2.42. The van der Waals surface area contributed by atoms with Gasteiger partial charge in [0.15, 0.2) is 0 Å². The average molecular weight is 138 g/mol. The summed E-state index contributed by atoms with van der Waals surface area (Å²) in [7, 11) is 0. The summed E-state index contributed by atoms with van der Waals surface area (Å²) in [5.41, 5.74) is 0. The van der Waals surface area contributed by atoms with Crippen molar-refractivity contribution < 1.29 is 0 Å². The predicted molar refractivity (Wildman–Crippen MR) is 43.6 cm³/mol. The van der Waals surface area contributed by atoms with Gasteiger partial charge in [0.25, 0.3) is 0 Å². The average Bonchev–Trinajstić information content (AvgIpc) is 1.95. The van der Waals surface area contributed by atoms with Gasteiger partial charge in [0.1, 0.15) is 0 Å². The molecule has 0 aromatic carbocycles. The fraction of sp³-hybridized carbons (Fsp3) is 1.00. The van der Waals surface area contributed by atoms with Crippen molar-refractivity contribution >= 4 is 0 Å². The molecule has 0 N–H and O–H groups in total. The van der Waals surface area contributed by atoms with Crippen LogP contribution in [0.25, 0.3) is 0 Å². The van der Waals surface area contributed by atoms with Crippen molar-refractivity contribution in [1.82, 2.24) is 0 Å². The van der Waals surface area contributed by atoms with Gasteiger partial charge < -0.3 is 0 Å². The molecule has 0 bridgehead atoms. The van der Waals surface area contributed by atoms with Crippen LogP contribution in [0.2, 0.25) is 0 Å². The molecule has 0 aromatic heterocycles. The van der Waals surface area contributed by atoms with E-state index in [1.165, 1.54) is 0 Å². The molecule has 2 fully saturated rings. The number of fused-ring (bicyclic) bond motifs is 1. The first-order valence-corrected chi connectivity index (χ1v) is 4.64. The van der Waals surface area contributed by atoms with Crippen LogP contribution in [-0.4, -0.2) is 0 Å². The van der Waals surface area contributed by atoms with Crippen LogP contribution in [0.3, 0.4) is 0 Å². The molecule has 0 aliphatic heterocycles. The van der Waals surface area contributed by atoms with Crippen molar-refractivity contribution in [3.8, 4) is 0 Å². The van der Waals surface area contributed by atoms with Gasteiger partial charge in [0.05, 0.1) is 0 Å². The van der Waals surface area contributed by atoms with E-state index in [-0.39, 0.29) is 0 Å². The summed E-state index contributed by atoms with van der Waals surface area (Å²) in [6.45, 7) is 9.70. The summed E-state index contributed by atoms with van der Waals surface area (Å²) < 4.78 is 0. The molecule has 0 radical (unpaired) electrons. The van der Waals surface area contributed by atoms with E-state index in [2.05, 4.69) is 27.7 Å². The topological polar surface area (TPSA) is 0 Å². The third kappa shape index (κ3) is 0.500. The Morgan fingerprint density at radius 2 is 0.700 bits per heavy atom. The Labute approximate surface area is 64.0 Å². The minimum atomic E-state index is 1.02. The van der Waals surface area contributed by atoms with E-state index in [1.807, 2.05) is 0 Å². The van der Waals surface area contributed by atoms with Crippen LogP contribution in [0.4, 0.5) is 0 Å². The molecule has 2 saturated carbocycles. The number of hydrogen-bond acceptors (Lipinski definition) is 0. The summed E-state index contributed by atoms with van der Waals surface area (Å²) in [5.74, 6) is 6.30. The van der Waals surface area contributed by atoms with E-state index in [0.717, 1.165) is 35.5 Å². The van der Waals surface area contributed by atoms with Crippen LogP contribution >= 0.6 is 0 Å². The van der Waals surface area contributed by atoms with Crippen molar-refractivity contribution in [3.05, 3.63) is 0 Å². The zero-order valence-corrected chi connectivity index (χ0v) is 7.46. The lowest BCUT2D eigenvalue weighted by atomic mass is 9.39. The minimum Gasteiger partial charge on any atom is -0.0620 e. The van der Waals surface area contributed by atoms with Crippen molar-refractivity contribution in [2.24, 2.45) is 35.5 Å². The van der Waals surface area contributed by atoms with Gasteiger partial charge in [-0.05, 0) is 35.5 Å². The second kappa shape index (κ2) is 1.78. The highest BCUT2D eigenvalue weighted by molar-refractivity contribution is 5.06. The highest BCUT2D eigenvalue weighted by atomic mass is 14.6. The first-order chi connectivity index (χ1) is 4.64. The van der Waals surface area contributed by atoms with Gasteiger partial charge >= 0.3 is 0 Å². The molecule has 10 heavy (non-hydrogen) atoms. The Balaban J connectivity index is 2.07. The standard InChI is InChI=1S/C10H18/c1-5-6(2)10-8(4)7(3)9(5)10/h5-10H,1-4H3/t5-,6-,7?,8?,9?,10?/m1/s1. The smallest absolute Gasteiger partial charge is 0.0324 e. The third-order valence-corrected chi connectivity index (χ3v) is 4.53. The zero-order valence-electron chi connectivity index (χ0n) is 7.46. The van der Waals surface area contributed by atoms with Crippen LogP contribution in [0.15, 0.2) is 0 Å². The number of hydrogen-bond donors (Lipinski definition) is 0. The largest absolute Gasteiger partial charge is 0.0620 e. The first-order valence-electron chi connectivity index (χ1n) is 4.64. The van der Waals surface area contributed by atoms with E-state index >= 15 is 0 Å². The molecular weight excluding hydrogens is 120 g/mol. The van der Waals surface area contributed by atoms with E-state index in [4.69, 9.17) is 0 Å². The minimum absolute atomic E-state index is 1.02. The molecule has 4 unspecified atom stereocenters. The fourth-order valence-electron chi connectivity index (χ4n) is 3.47. The monoisotopic (exact) mass is 138 g/mol. The van der Waals surface area contributed by atoms with Crippen molar-refractivity contribution in [2.75, 3.05) is 0 Å². The highest BCUT2D eigenvalue weighted by Crippen LogP contribution is 2.63. The molecule has 0 spiro atoms. The predicted octanol–water partition coefficient (Wildman–Crippen LogP) is 2.79. The lowest BCUT2D eigenvalue weighted by Crippen LogP contribution is -2.61. The molecule has 0 nitrogen and oxygen atoms in total. The molecule has 58 valence electrons. The quantitative estimate of drug-likeness (QED) is 0.483. The van der Waals surface area contributed by atoms with E-state index in [0.29, 0.717) is 0 Å². The summed E-state index contributed by atoms with van der Waals surface area (Å²) in [5, 5.41) is 0. The Morgan fingerprint density at radius 1 is 0.500 bits per heavy atom. The second-order valence-corrected chi connectivity index (χ2v) is 4.59. The molecule has 0 aromatic rings. The summed E-state index contributed by atoms with van der Waals surface area (Å²) in [6.07, 6.45) is 0. The van der Waals surface area contributed by atoms with E-state index < -0.39 is 0 Å². The first kappa shape index (κ1) is 6.69. The summed E-state index contributed by atoms with van der Waals surface area (Å²) >= 11 is 0. The zero-order chi connectivity index (χ0) is 7.46. The molecular formula is C10H18. The van der Waals surface area contributed by atoms with Crippen LogP contribution in [0.1, 0.15) is 27.7 Å². The lowest BCUT2D eigenvalue weighted by molar-refractivity contribution is -0.178. The third-order valence-electron chi connectivity index (χ3n) is 4.53. The van der Waals surface area contributed by atoms with Crippen LogP contribution in [0, 0.1) is 35.5 Å². The Hall–Kier alpha value is 0. The van der Waals surface area contributed by atoms with Crippen molar-refractivity contribution in [3.63, 3.8) is 0 Å². The SMILES string of the molecule is CC1C(C)C2C1[C@H](C)[C@H]2C. The summed E-state index contributed by atoms with van der Waals surface area (Å²) in [6, 6.07) is 0. The maximum absolute atomic E-state index is 2.42. The van der Waals surface area contributed by atoms with Crippen LogP contribution in [-0.2, 0) is 0 Å². The van der Waals surface area contributed by atoms with Crippen molar-refractivity contribution in [1.29, 1.82) is 0 Å². The summed E-state index contributed by atoms with van der Waals surface area (Å²) in [4.78, 5) is 0. The highest BCUT2D eigenvalue weighted by Gasteiger charge is 2.59. The van der Waals surface area contributed by atoms with Gasteiger partial charge in [-0.25, -0.2) is 0 Å². The van der Waals surface area contributed by atoms with Gasteiger partial charge in [0.2, 0.25) is 0 Å². The van der Waals surface area contributed by atoms with Crippen LogP contribution < -0.4 is 0 Å². The molecule has 0 saturated heterocycles. The van der Waals surface area contributed by atoms with Gasteiger partial charge in [-0.3, -0.25) is 0 Å². The van der Waals surface area contributed by atoms with Gasteiger partial charge in [-0.1, -0.05) is 27.7 Å². The molecule has 0 heteroatoms. The fourth-order valence-corrected chi connectivity index (χ4v) is 3.47. The molecule has 0 amide bonds. The second-order valence-electron chi connectivity index (χ2n) is 4.59. The van der Waals surface area contributed by atoms with Gasteiger partial charge in [-0.15, -0.1) is 0 Å². The Kier molecular flexibility index (Phi) is 1.19. The van der Waals surface area contributed by atoms with E-state index in [1.54, 1.807) is 0 Å². The van der Waals surface area contributed by atoms with E-state index in [9.17, 15) is 0 Å². The molecule has 2 aliphatic rings. The number of rotatable bonds is 0. The molecule has 0 heterocycles. The van der Waals surface area contributed by atoms with Crippen molar-refractivity contribution in [2.45, 2.75) is 27.7 Å². The Bertz CT molecular complexity index is 116. The Morgan fingerprint density at radius 3 is 0.900 bits per heavy atom. The maximum Gasteiger partial charge on any atom is -0.0324 e. The normalized spacial score (nSPS) is 66.0. The van der Waals surface area contributed by atoms with Gasteiger partial charge in [0, 0.05) is 0 Å². The van der Waals surface area contributed by atoms with Crippen LogP contribution in [0.5, 0.6) is 0 Å². The van der Waals surface area contributed by atoms with Gasteiger partial charge in [-0.2, -0.15) is 0 Å². The lowest BCUT2D eigenvalue weighted by Gasteiger charge is -2.65.